The van der Waals surface area contributed by atoms with Gasteiger partial charge >= 0.3 is 0 Å². The molecule has 0 aliphatic carbocycles. The van der Waals surface area contributed by atoms with E-state index in [-0.39, 0.29) is 4.90 Å². The van der Waals surface area contributed by atoms with Crippen molar-refractivity contribution in [2.24, 2.45) is 0 Å². The second-order valence-corrected chi connectivity index (χ2v) is 10.1. The number of amides is 1. The number of thiazole rings is 1. The number of aromatic nitrogens is 1. The molecule has 0 aliphatic rings. The summed E-state index contributed by atoms with van der Waals surface area (Å²) in [6.45, 7) is 0. The lowest BCUT2D eigenvalue weighted by Gasteiger charge is -2.04. The van der Waals surface area contributed by atoms with Crippen LogP contribution >= 0.6 is 38.6 Å². The first-order valence-electron chi connectivity index (χ1n) is 6.73. The number of rotatable bonds is 5. The first kappa shape index (κ1) is 17.3. The molecule has 24 heavy (non-hydrogen) atoms. The molecule has 0 radical (unpaired) electrons. The number of anilines is 1. The maximum Gasteiger partial charge on any atom is 0.241 e. The van der Waals surface area contributed by atoms with Crippen LogP contribution in [0, 0.1) is 0 Å². The zero-order valence-electron chi connectivity index (χ0n) is 12.1. The molecule has 1 N–H and O–H groups in total. The molecule has 0 unspecified atom stereocenters. The van der Waals surface area contributed by atoms with Crippen LogP contribution in [0.3, 0.4) is 0 Å². The SMILES string of the molecule is O=C(CS(=O)(=O)c1ccccc1)Nc1nc(-c2ccc(Br)s2)cs1. The first-order valence-corrected chi connectivity index (χ1v) is 10.9. The van der Waals surface area contributed by atoms with Crippen LogP contribution in [0.2, 0.25) is 0 Å². The van der Waals surface area contributed by atoms with E-state index in [1.165, 1.54) is 34.8 Å². The fraction of sp³-hybridized carbons (Fsp3) is 0.0667. The predicted molar refractivity (Wildman–Crippen MR) is 100 cm³/mol. The standard InChI is InChI=1S/C15H11BrN2O3S3/c16-13-7-6-12(23-13)11-8-22-15(17-11)18-14(19)9-24(20,21)10-4-2-1-3-5-10/h1-8H,9H2,(H,17,18,19). The lowest BCUT2D eigenvalue weighted by atomic mass is 10.4. The van der Waals surface area contributed by atoms with Crippen LogP contribution < -0.4 is 5.32 Å². The van der Waals surface area contributed by atoms with Crippen LogP contribution in [0.1, 0.15) is 0 Å². The highest BCUT2D eigenvalue weighted by atomic mass is 79.9. The van der Waals surface area contributed by atoms with Crippen LogP contribution in [0.5, 0.6) is 0 Å². The molecular formula is C15H11BrN2O3S3. The van der Waals surface area contributed by atoms with Crippen molar-refractivity contribution in [3.05, 3.63) is 51.6 Å². The minimum absolute atomic E-state index is 0.128. The summed E-state index contributed by atoms with van der Waals surface area (Å²) in [5.41, 5.74) is 0.747. The first-order chi connectivity index (χ1) is 11.4. The molecule has 0 aliphatic heterocycles. The number of nitrogens with one attached hydrogen (secondary N) is 1. The maximum absolute atomic E-state index is 12.2. The smallest absolute Gasteiger partial charge is 0.241 e. The summed E-state index contributed by atoms with van der Waals surface area (Å²) in [5, 5.41) is 4.74. The van der Waals surface area contributed by atoms with Crippen LogP contribution in [0.15, 0.2) is 56.5 Å². The maximum atomic E-state index is 12.2. The Labute approximate surface area is 155 Å². The second kappa shape index (κ2) is 7.14. The molecule has 124 valence electrons. The van der Waals surface area contributed by atoms with Gasteiger partial charge in [0, 0.05) is 5.38 Å². The molecule has 0 atom stereocenters. The normalized spacial score (nSPS) is 11.4. The van der Waals surface area contributed by atoms with Crippen molar-refractivity contribution in [1.82, 2.24) is 4.98 Å². The van der Waals surface area contributed by atoms with Crippen molar-refractivity contribution in [2.75, 3.05) is 11.1 Å². The summed E-state index contributed by atoms with van der Waals surface area (Å²) >= 11 is 6.18. The Morgan fingerprint density at radius 2 is 1.92 bits per heavy atom. The number of carbonyl (C=O) groups excluding carboxylic acids is 1. The van der Waals surface area contributed by atoms with Gasteiger partial charge in [0.25, 0.3) is 0 Å². The van der Waals surface area contributed by atoms with Crippen LogP contribution in [-0.4, -0.2) is 25.1 Å². The van der Waals surface area contributed by atoms with E-state index in [2.05, 4.69) is 26.2 Å². The Bertz CT molecular complexity index is 965. The van der Waals surface area contributed by atoms with Crippen LogP contribution in [0.4, 0.5) is 5.13 Å². The Kier molecular flexibility index (Phi) is 5.14. The van der Waals surface area contributed by atoms with Gasteiger partial charge in [-0.15, -0.1) is 22.7 Å². The average Bonchev–Trinajstić information content (AvgIpc) is 3.16. The van der Waals surface area contributed by atoms with E-state index in [0.29, 0.717) is 5.13 Å². The molecule has 3 rings (SSSR count). The zero-order chi connectivity index (χ0) is 17.2. The van der Waals surface area contributed by atoms with Crippen molar-refractivity contribution in [1.29, 1.82) is 0 Å². The van der Waals surface area contributed by atoms with Crippen molar-refractivity contribution in [3.63, 3.8) is 0 Å². The number of hydrogen-bond donors (Lipinski definition) is 1. The summed E-state index contributed by atoms with van der Waals surface area (Å²) in [7, 11) is -3.66. The molecule has 0 spiro atoms. The molecule has 2 heterocycles. The highest BCUT2D eigenvalue weighted by molar-refractivity contribution is 9.11. The monoisotopic (exact) mass is 442 g/mol. The summed E-state index contributed by atoms with van der Waals surface area (Å²) < 4.78 is 25.4. The molecule has 0 saturated heterocycles. The highest BCUT2D eigenvalue weighted by Gasteiger charge is 2.20. The number of sulfone groups is 1. The van der Waals surface area contributed by atoms with E-state index >= 15 is 0 Å². The minimum atomic E-state index is -3.66. The zero-order valence-corrected chi connectivity index (χ0v) is 16.1. The lowest BCUT2D eigenvalue weighted by Crippen LogP contribution is -2.22. The molecule has 0 bridgehead atoms. The summed E-state index contributed by atoms with van der Waals surface area (Å²) in [6, 6.07) is 11.8. The van der Waals surface area contributed by atoms with Gasteiger partial charge in [-0.25, -0.2) is 13.4 Å². The topological polar surface area (TPSA) is 76.1 Å². The van der Waals surface area contributed by atoms with Gasteiger partial charge in [-0.05, 0) is 40.2 Å². The molecule has 2 aromatic heterocycles. The van der Waals surface area contributed by atoms with E-state index < -0.39 is 21.5 Å². The molecule has 0 fully saturated rings. The summed E-state index contributed by atoms with van der Waals surface area (Å²) in [6.07, 6.45) is 0. The molecule has 9 heteroatoms. The highest BCUT2D eigenvalue weighted by Crippen LogP contribution is 2.33. The van der Waals surface area contributed by atoms with Gasteiger partial charge < -0.3 is 5.32 Å². The van der Waals surface area contributed by atoms with Crippen molar-refractivity contribution < 1.29 is 13.2 Å². The summed E-state index contributed by atoms with van der Waals surface area (Å²) in [5.74, 6) is -1.22. The van der Waals surface area contributed by atoms with E-state index in [1.807, 2.05) is 17.5 Å². The third-order valence-electron chi connectivity index (χ3n) is 3.00. The molecular weight excluding hydrogens is 432 g/mol. The Balaban J connectivity index is 1.68. The van der Waals surface area contributed by atoms with Gasteiger partial charge in [0.1, 0.15) is 5.75 Å². The van der Waals surface area contributed by atoms with E-state index in [9.17, 15) is 13.2 Å². The molecule has 1 aromatic carbocycles. The van der Waals surface area contributed by atoms with Gasteiger partial charge in [0.2, 0.25) is 5.91 Å². The molecule has 0 saturated carbocycles. The number of nitrogens with zero attached hydrogens (tertiary/aromatic N) is 1. The van der Waals surface area contributed by atoms with Gasteiger partial charge in [-0.2, -0.15) is 0 Å². The molecule has 3 aromatic rings. The molecule has 5 nitrogen and oxygen atoms in total. The van der Waals surface area contributed by atoms with Crippen LogP contribution in [-0.2, 0) is 14.6 Å². The Morgan fingerprint density at radius 1 is 1.17 bits per heavy atom. The van der Waals surface area contributed by atoms with Gasteiger partial charge in [0.15, 0.2) is 15.0 Å². The van der Waals surface area contributed by atoms with Crippen molar-refractivity contribution in [2.45, 2.75) is 4.90 Å². The van der Waals surface area contributed by atoms with E-state index in [0.717, 1.165) is 14.4 Å². The van der Waals surface area contributed by atoms with Crippen molar-refractivity contribution in [3.8, 4) is 10.6 Å². The third-order valence-corrected chi connectivity index (χ3v) is 7.04. The third kappa shape index (κ3) is 4.10. The number of benzene rings is 1. The van der Waals surface area contributed by atoms with E-state index in [1.54, 1.807) is 18.2 Å². The van der Waals surface area contributed by atoms with Gasteiger partial charge in [-0.1, -0.05) is 18.2 Å². The Hall–Kier alpha value is -1.55. The Morgan fingerprint density at radius 3 is 2.58 bits per heavy atom. The van der Waals surface area contributed by atoms with Crippen LogP contribution in [0.25, 0.3) is 10.6 Å². The number of thiophene rings is 1. The number of halogens is 1. The van der Waals surface area contributed by atoms with Crippen molar-refractivity contribution >= 4 is 59.5 Å². The quantitative estimate of drug-likeness (QED) is 0.646. The molecule has 1 amide bonds. The second-order valence-electron chi connectivity index (χ2n) is 4.76. The predicted octanol–water partition coefficient (Wildman–Crippen LogP) is 4.05. The number of hydrogen-bond acceptors (Lipinski definition) is 6. The fourth-order valence-corrected chi connectivity index (χ4v) is 5.24. The average molecular weight is 443 g/mol. The lowest BCUT2D eigenvalue weighted by molar-refractivity contribution is -0.113. The van der Waals surface area contributed by atoms with E-state index in [4.69, 9.17) is 0 Å². The fourth-order valence-electron chi connectivity index (χ4n) is 1.94. The number of carbonyl (C=O) groups is 1. The largest absolute Gasteiger partial charge is 0.301 e. The van der Waals surface area contributed by atoms with Gasteiger partial charge in [0.05, 0.1) is 19.3 Å². The van der Waals surface area contributed by atoms with Gasteiger partial charge in [-0.3, -0.25) is 4.79 Å². The summed E-state index contributed by atoms with van der Waals surface area (Å²) in [4.78, 5) is 17.4. The minimum Gasteiger partial charge on any atom is -0.301 e.